The van der Waals surface area contributed by atoms with E-state index in [9.17, 15) is 5.26 Å². The van der Waals surface area contributed by atoms with Gasteiger partial charge in [-0.1, -0.05) is 31.2 Å². The van der Waals surface area contributed by atoms with Crippen molar-refractivity contribution in [2.24, 2.45) is 0 Å². The first-order valence-corrected chi connectivity index (χ1v) is 6.48. The van der Waals surface area contributed by atoms with E-state index >= 15 is 0 Å². The smallest absolute Gasteiger partial charge is 0.132 e. The first-order chi connectivity index (χ1) is 8.73. The zero-order chi connectivity index (χ0) is 13.0. The summed E-state index contributed by atoms with van der Waals surface area (Å²) in [5.74, 6) is 0.534. The minimum absolute atomic E-state index is 0.534. The second-order valence-electron chi connectivity index (χ2n) is 4.96. The second kappa shape index (κ2) is 5.51. The molecule has 1 aromatic carbocycles. The fourth-order valence-electron chi connectivity index (χ4n) is 2.74. The number of ether oxygens (including phenoxy) is 1. The third-order valence-corrected chi connectivity index (χ3v) is 3.83. The van der Waals surface area contributed by atoms with Crippen molar-refractivity contribution in [1.82, 2.24) is 5.32 Å². The molecule has 0 spiro atoms. The van der Waals surface area contributed by atoms with Gasteiger partial charge in [-0.15, -0.1) is 0 Å². The van der Waals surface area contributed by atoms with E-state index in [1.54, 1.807) is 7.11 Å². The third kappa shape index (κ3) is 2.27. The van der Waals surface area contributed by atoms with Crippen LogP contribution in [0.15, 0.2) is 24.3 Å². The van der Waals surface area contributed by atoms with Crippen LogP contribution < -0.4 is 5.32 Å². The lowest BCUT2D eigenvalue weighted by molar-refractivity contribution is 0.187. The van der Waals surface area contributed by atoms with E-state index < -0.39 is 5.54 Å². The van der Waals surface area contributed by atoms with E-state index in [0.29, 0.717) is 19.1 Å². The molecule has 0 aliphatic heterocycles. The Morgan fingerprint density at radius 2 is 2.28 bits per heavy atom. The van der Waals surface area contributed by atoms with E-state index in [2.05, 4.69) is 36.5 Å². The molecule has 1 aliphatic rings. The van der Waals surface area contributed by atoms with Crippen molar-refractivity contribution in [2.75, 3.05) is 20.3 Å². The van der Waals surface area contributed by atoms with Crippen LogP contribution in [0.25, 0.3) is 0 Å². The predicted octanol–water partition coefficient (Wildman–Crippen LogP) is 2.54. The fourth-order valence-corrected chi connectivity index (χ4v) is 2.74. The zero-order valence-electron chi connectivity index (χ0n) is 11.1. The van der Waals surface area contributed by atoms with Crippen LogP contribution in [0.1, 0.15) is 36.8 Å². The Morgan fingerprint density at radius 1 is 1.50 bits per heavy atom. The highest BCUT2D eigenvalue weighted by atomic mass is 16.5. The molecular weight excluding hydrogens is 224 g/mol. The summed E-state index contributed by atoms with van der Waals surface area (Å²) in [6.07, 6.45) is 1.91. The number of nitrogens with zero attached hydrogens (tertiary/aromatic N) is 1. The van der Waals surface area contributed by atoms with Gasteiger partial charge < -0.3 is 4.74 Å². The lowest BCUT2D eigenvalue weighted by Gasteiger charge is -2.37. The average molecular weight is 244 g/mol. The van der Waals surface area contributed by atoms with E-state index in [1.807, 2.05) is 6.07 Å². The quantitative estimate of drug-likeness (QED) is 0.828. The van der Waals surface area contributed by atoms with Crippen molar-refractivity contribution in [3.05, 3.63) is 35.4 Å². The standard InChI is InChI=1S/C15H20N2O/c1-12-7-8-15(11-16,17-9-10-18-2)14-6-4-3-5-13(12)14/h3-6,12,17H,7-10H2,1-2H3. The molecule has 96 valence electrons. The second-order valence-corrected chi connectivity index (χ2v) is 4.96. The molecule has 1 N–H and O–H groups in total. The Hall–Kier alpha value is -1.37. The van der Waals surface area contributed by atoms with E-state index in [4.69, 9.17) is 4.74 Å². The molecule has 3 heteroatoms. The maximum atomic E-state index is 9.62. The molecule has 0 saturated carbocycles. The number of rotatable bonds is 4. The summed E-state index contributed by atoms with van der Waals surface area (Å²) >= 11 is 0. The molecule has 0 heterocycles. The maximum Gasteiger partial charge on any atom is 0.132 e. The minimum atomic E-state index is -0.540. The Labute approximate surface area is 109 Å². The summed E-state index contributed by atoms with van der Waals surface area (Å²) in [6.45, 7) is 3.56. The van der Waals surface area contributed by atoms with Crippen LogP contribution in [-0.2, 0) is 10.3 Å². The van der Waals surface area contributed by atoms with Crippen molar-refractivity contribution in [2.45, 2.75) is 31.2 Å². The molecular formula is C15H20N2O. The van der Waals surface area contributed by atoms with Gasteiger partial charge in [0.05, 0.1) is 12.7 Å². The van der Waals surface area contributed by atoms with Crippen molar-refractivity contribution >= 4 is 0 Å². The Balaban J connectivity index is 2.32. The van der Waals surface area contributed by atoms with Crippen molar-refractivity contribution < 1.29 is 4.74 Å². The van der Waals surface area contributed by atoms with Crippen LogP contribution in [0.4, 0.5) is 0 Å². The van der Waals surface area contributed by atoms with Crippen LogP contribution >= 0.6 is 0 Å². The molecule has 0 bridgehead atoms. The van der Waals surface area contributed by atoms with Crippen molar-refractivity contribution in [1.29, 1.82) is 5.26 Å². The molecule has 0 amide bonds. The van der Waals surface area contributed by atoms with Crippen LogP contribution in [0, 0.1) is 11.3 Å². The van der Waals surface area contributed by atoms with Crippen LogP contribution in [0.5, 0.6) is 0 Å². The number of nitrogens with one attached hydrogen (secondary N) is 1. The number of fused-ring (bicyclic) bond motifs is 1. The molecule has 2 unspecified atom stereocenters. The monoisotopic (exact) mass is 244 g/mol. The number of methoxy groups -OCH3 is 1. The van der Waals surface area contributed by atoms with Crippen LogP contribution in [0.2, 0.25) is 0 Å². The third-order valence-electron chi connectivity index (χ3n) is 3.83. The van der Waals surface area contributed by atoms with E-state index in [-0.39, 0.29) is 0 Å². The van der Waals surface area contributed by atoms with Gasteiger partial charge >= 0.3 is 0 Å². The van der Waals surface area contributed by atoms with Gasteiger partial charge in [-0.05, 0) is 29.9 Å². The zero-order valence-corrected chi connectivity index (χ0v) is 11.1. The van der Waals surface area contributed by atoms with Gasteiger partial charge in [-0.3, -0.25) is 5.32 Å². The van der Waals surface area contributed by atoms with Gasteiger partial charge in [-0.2, -0.15) is 5.26 Å². The summed E-state index contributed by atoms with van der Waals surface area (Å²) in [5.41, 5.74) is 1.90. The fraction of sp³-hybridized carbons (Fsp3) is 0.533. The highest BCUT2D eigenvalue weighted by molar-refractivity contribution is 5.42. The van der Waals surface area contributed by atoms with Gasteiger partial charge in [0.1, 0.15) is 5.54 Å². The predicted molar refractivity (Wildman–Crippen MR) is 71.3 cm³/mol. The number of benzene rings is 1. The molecule has 1 aliphatic carbocycles. The number of hydrogen-bond acceptors (Lipinski definition) is 3. The van der Waals surface area contributed by atoms with Crippen molar-refractivity contribution in [3.63, 3.8) is 0 Å². The molecule has 0 radical (unpaired) electrons. The van der Waals surface area contributed by atoms with Gasteiger partial charge in [0.2, 0.25) is 0 Å². The summed E-state index contributed by atoms with van der Waals surface area (Å²) in [4.78, 5) is 0. The molecule has 3 nitrogen and oxygen atoms in total. The Morgan fingerprint density at radius 3 is 3.00 bits per heavy atom. The van der Waals surface area contributed by atoms with Gasteiger partial charge in [-0.25, -0.2) is 0 Å². The SMILES string of the molecule is COCCNC1(C#N)CCC(C)c2ccccc21. The molecule has 0 fully saturated rings. The summed E-state index contributed by atoms with van der Waals surface area (Å²) in [5, 5.41) is 13.0. The van der Waals surface area contributed by atoms with E-state index in [0.717, 1.165) is 18.4 Å². The van der Waals surface area contributed by atoms with E-state index in [1.165, 1.54) is 5.56 Å². The molecule has 18 heavy (non-hydrogen) atoms. The summed E-state index contributed by atoms with van der Waals surface area (Å²) in [6, 6.07) is 10.8. The normalized spacial score (nSPS) is 26.4. The number of nitriles is 1. The lowest BCUT2D eigenvalue weighted by Crippen LogP contribution is -2.45. The first-order valence-electron chi connectivity index (χ1n) is 6.48. The summed E-state index contributed by atoms with van der Waals surface area (Å²) in [7, 11) is 1.68. The highest BCUT2D eigenvalue weighted by Gasteiger charge is 2.38. The minimum Gasteiger partial charge on any atom is -0.383 e. The Bertz CT molecular complexity index is 452. The lowest BCUT2D eigenvalue weighted by atomic mass is 9.73. The molecule has 2 rings (SSSR count). The maximum absolute atomic E-state index is 9.62. The van der Waals surface area contributed by atoms with Gasteiger partial charge in [0.25, 0.3) is 0 Å². The average Bonchev–Trinajstić information content (AvgIpc) is 2.42. The molecule has 2 atom stereocenters. The van der Waals surface area contributed by atoms with Crippen LogP contribution in [-0.4, -0.2) is 20.3 Å². The first kappa shape index (κ1) is 13.1. The Kier molecular flexibility index (Phi) is 4.00. The highest BCUT2D eigenvalue weighted by Crippen LogP contribution is 2.40. The number of hydrogen-bond donors (Lipinski definition) is 1. The molecule has 0 saturated heterocycles. The molecule has 1 aromatic rings. The van der Waals surface area contributed by atoms with Gasteiger partial charge in [0.15, 0.2) is 0 Å². The van der Waals surface area contributed by atoms with Crippen molar-refractivity contribution in [3.8, 4) is 6.07 Å². The largest absolute Gasteiger partial charge is 0.383 e. The van der Waals surface area contributed by atoms with Gasteiger partial charge in [0, 0.05) is 13.7 Å². The molecule has 0 aromatic heterocycles. The topological polar surface area (TPSA) is 45.0 Å². The van der Waals surface area contributed by atoms with Crippen LogP contribution in [0.3, 0.4) is 0 Å². The summed E-state index contributed by atoms with van der Waals surface area (Å²) < 4.78 is 5.06.